The Balaban J connectivity index is 2.01. The lowest BCUT2D eigenvalue weighted by molar-refractivity contribution is 0.532. The van der Waals surface area contributed by atoms with E-state index in [-0.39, 0.29) is 0 Å². The fraction of sp³-hybridized carbons (Fsp3) is 0.400. The zero-order chi connectivity index (χ0) is 13.1. The summed E-state index contributed by atoms with van der Waals surface area (Å²) in [7, 11) is 2.01. The summed E-state index contributed by atoms with van der Waals surface area (Å²) >= 11 is 0. The molecule has 1 aliphatic rings. The zero-order valence-corrected chi connectivity index (χ0v) is 11.1. The van der Waals surface area contributed by atoms with E-state index in [1.54, 1.807) is 12.4 Å². The molecule has 2 aromatic rings. The van der Waals surface area contributed by atoms with Crippen LogP contribution in [0.25, 0.3) is 11.4 Å². The highest BCUT2D eigenvalue weighted by molar-refractivity contribution is 5.54. The van der Waals surface area contributed by atoms with E-state index < -0.39 is 0 Å². The Morgan fingerprint density at radius 1 is 1.21 bits per heavy atom. The first-order valence-electron chi connectivity index (χ1n) is 6.82. The van der Waals surface area contributed by atoms with Crippen molar-refractivity contribution in [2.75, 3.05) is 7.05 Å². The predicted molar refractivity (Wildman–Crippen MR) is 74.6 cm³/mol. The third kappa shape index (κ3) is 2.49. The number of aryl methyl sites for hydroxylation is 1. The molecule has 1 aliphatic carbocycles. The summed E-state index contributed by atoms with van der Waals surface area (Å²) in [5.41, 5.74) is 3.49. The number of hydrogen-bond acceptors (Lipinski definition) is 4. The normalized spacial score (nSPS) is 18.7. The highest BCUT2D eigenvalue weighted by atomic mass is 14.9. The summed E-state index contributed by atoms with van der Waals surface area (Å²) in [5.74, 6) is 0.804. The molecule has 0 aliphatic heterocycles. The molecule has 0 saturated carbocycles. The molecule has 2 aromatic heterocycles. The SMILES string of the molecule is CNC1CCCCc2nc(-c3ccncc3)ncc21. The van der Waals surface area contributed by atoms with Crippen LogP contribution in [0.4, 0.5) is 0 Å². The van der Waals surface area contributed by atoms with E-state index in [0.29, 0.717) is 6.04 Å². The van der Waals surface area contributed by atoms with Gasteiger partial charge in [0, 0.05) is 41.5 Å². The molecule has 1 atom stereocenters. The molecule has 0 saturated heterocycles. The molecule has 4 nitrogen and oxygen atoms in total. The van der Waals surface area contributed by atoms with Gasteiger partial charge < -0.3 is 5.32 Å². The maximum absolute atomic E-state index is 4.76. The van der Waals surface area contributed by atoms with Gasteiger partial charge in [-0.2, -0.15) is 0 Å². The molecule has 3 rings (SSSR count). The van der Waals surface area contributed by atoms with Crippen LogP contribution in [-0.4, -0.2) is 22.0 Å². The molecule has 0 amide bonds. The average molecular weight is 254 g/mol. The largest absolute Gasteiger partial charge is 0.313 e. The third-order valence-electron chi connectivity index (χ3n) is 3.72. The van der Waals surface area contributed by atoms with Gasteiger partial charge in [0.2, 0.25) is 0 Å². The molecular formula is C15H18N4. The lowest BCUT2D eigenvalue weighted by atomic mass is 10.1. The lowest BCUT2D eigenvalue weighted by Crippen LogP contribution is -2.17. The molecule has 2 heterocycles. The van der Waals surface area contributed by atoms with Gasteiger partial charge >= 0.3 is 0 Å². The van der Waals surface area contributed by atoms with Gasteiger partial charge in [-0.05, 0) is 38.4 Å². The van der Waals surface area contributed by atoms with Crippen LogP contribution in [0.2, 0.25) is 0 Å². The topological polar surface area (TPSA) is 50.7 Å². The van der Waals surface area contributed by atoms with Gasteiger partial charge in [-0.1, -0.05) is 6.42 Å². The van der Waals surface area contributed by atoms with Gasteiger partial charge in [0.15, 0.2) is 5.82 Å². The monoisotopic (exact) mass is 254 g/mol. The number of nitrogens with zero attached hydrogens (tertiary/aromatic N) is 3. The number of rotatable bonds is 2. The maximum atomic E-state index is 4.76. The van der Waals surface area contributed by atoms with E-state index in [0.717, 1.165) is 17.8 Å². The summed E-state index contributed by atoms with van der Waals surface area (Å²) < 4.78 is 0. The number of pyridine rings is 1. The van der Waals surface area contributed by atoms with E-state index in [4.69, 9.17) is 4.98 Å². The van der Waals surface area contributed by atoms with Gasteiger partial charge in [-0.15, -0.1) is 0 Å². The number of hydrogen-bond donors (Lipinski definition) is 1. The summed E-state index contributed by atoms with van der Waals surface area (Å²) in [6.45, 7) is 0. The molecule has 1 N–H and O–H groups in total. The molecule has 0 aromatic carbocycles. The molecule has 1 unspecified atom stereocenters. The molecule has 0 fully saturated rings. The second-order valence-corrected chi connectivity index (χ2v) is 4.92. The Hall–Kier alpha value is -1.81. The van der Waals surface area contributed by atoms with Crippen molar-refractivity contribution in [3.8, 4) is 11.4 Å². The van der Waals surface area contributed by atoms with Gasteiger partial charge in [0.25, 0.3) is 0 Å². The molecule has 0 bridgehead atoms. The van der Waals surface area contributed by atoms with Crippen LogP contribution in [0.1, 0.15) is 36.6 Å². The number of fused-ring (bicyclic) bond motifs is 1. The van der Waals surface area contributed by atoms with Crippen LogP contribution in [-0.2, 0) is 6.42 Å². The van der Waals surface area contributed by atoms with Gasteiger partial charge in [-0.3, -0.25) is 4.98 Å². The minimum atomic E-state index is 0.393. The fourth-order valence-corrected chi connectivity index (χ4v) is 2.65. The highest BCUT2D eigenvalue weighted by Gasteiger charge is 2.19. The summed E-state index contributed by atoms with van der Waals surface area (Å²) in [6.07, 6.45) is 10.2. The molecule has 0 radical (unpaired) electrons. The molecule has 19 heavy (non-hydrogen) atoms. The average Bonchev–Trinajstić information content (AvgIpc) is 2.69. The van der Waals surface area contributed by atoms with Crippen LogP contribution in [0.3, 0.4) is 0 Å². The smallest absolute Gasteiger partial charge is 0.159 e. The van der Waals surface area contributed by atoms with E-state index in [1.165, 1.54) is 30.5 Å². The van der Waals surface area contributed by atoms with E-state index in [2.05, 4.69) is 15.3 Å². The first-order chi connectivity index (χ1) is 9.38. The van der Waals surface area contributed by atoms with Crippen molar-refractivity contribution >= 4 is 0 Å². The predicted octanol–water partition coefficient (Wildman–Crippen LogP) is 2.53. The standard InChI is InChI=1S/C15H18N4/c1-16-13-4-2-3-5-14-12(13)10-18-15(19-14)11-6-8-17-9-7-11/h6-10,13,16H,2-5H2,1H3. The second-order valence-electron chi connectivity index (χ2n) is 4.92. The van der Waals surface area contributed by atoms with Crippen molar-refractivity contribution in [3.63, 3.8) is 0 Å². The first-order valence-corrected chi connectivity index (χ1v) is 6.82. The molecule has 4 heteroatoms. The van der Waals surface area contributed by atoms with Crippen LogP contribution in [0.15, 0.2) is 30.7 Å². The maximum Gasteiger partial charge on any atom is 0.159 e. The Labute approximate surface area is 113 Å². The van der Waals surface area contributed by atoms with Crippen LogP contribution < -0.4 is 5.32 Å². The molecule has 0 spiro atoms. The Morgan fingerprint density at radius 3 is 2.84 bits per heavy atom. The minimum Gasteiger partial charge on any atom is -0.313 e. The van der Waals surface area contributed by atoms with Crippen LogP contribution >= 0.6 is 0 Å². The van der Waals surface area contributed by atoms with Crippen LogP contribution in [0, 0.1) is 0 Å². The van der Waals surface area contributed by atoms with Crippen molar-refractivity contribution in [1.82, 2.24) is 20.3 Å². The fourth-order valence-electron chi connectivity index (χ4n) is 2.65. The zero-order valence-electron chi connectivity index (χ0n) is 11.1. The van der Waals surface area contributed by atoms with Gasteiger partial charge in [0.1, 0.15) is 0 Å². The highest BCUT2D eigenvalue weighted by Crippen LogP contribution is 2.28. The number of nitrogens with one attached hydrogen (secondary N) is 1. The van der Waals surface area contributed by atoms with Crippen molar-refractivity contribution < 1.29 is 0 Å². The third-order valence-corrected chi connectivity index (χ3v) is 3.72. The Morgan fingerprint density at radius 2 is 2.05 bits per heavy atom. The molecular weight excluding hydrogens is 236 g/mol. The Bertz CT molecular complexity index is 553. The van der Waals surface area contributed by atoms with Crippen molar-refractivity contribution in [2.24, 2.45) is 0 Å². The first kappa shape index (κ1) is 12.2. The second kappa shape index (κ2) is 5.45. The van der Waals surface area contributed by atoms with Crippen molar-refractivity contribution in [2.45, 2.75) is 31.7 Å². The van der Waals surface area contributed by atoms with E-state index >= 15 is 0 Å². The van der Waals surface area contributed by atoms with E-state index in [9.17, 15) is 0 Å². The quantitative estimate of drug-likeness (QED) is 0.837. The molecule has 98 valence electrons. The number of aromatic nitrogens is 3. The Kier molecular flexibility index (Phi) is 3.51. The van der Waals surface area contributed by atoms with Crippen LogP contribution in [0.5, 0.6) is 0 Å². The van der Waals surface area contributed by atoms with Crippen molar-refractivity contribution in [1.29, 1.82) is 0 Å². The summed E-state index contributed by atoms with van der Waals surface area (Å²) in [4.78, 5) is 13.3. The van der Waals surface area contributed by atoms with E-state index in [1.807, 2.05) is 25.4 Å². The lowest BCUT2D eigenvalue weighted by Gasteiger charge is -2.16. The summed E-state index contributed by atoms with van der Waals surface area (Å²) in [6, 6.07) is 4.30. The van der Waals surface area contributed by atoms with Gasteiger partial charge in [0.05, 0.1) is 0 Å². The summed E-state index contributed by atoms with van der Waals surface area (Å²) in [5, 5.41) is 3.37. The van der Waals surface area contributed by atoms with Gasteiger partial charge in [-0.25, -0.2) is 9.97 Å². The minimum absolute atomic E-state index is 0.393. The van der Waals surface area contributed by atoms with Crippen molar-refractivity contribution in [3.05, 3.63) is 42.0 Å².